The second-order valence-electron chi connectivity index (χ2n) is 15.0. The number of benzene rings is 9. The minimum atomic E-state index is 0.599. The fraction of sp³-hybridized carbons (Fsp3) is 0. The molecule has 0 amide bonds. The van der Waals surface area contributed by atoms with Gasteiger partial charge in [0.1, 0.15) is 5.52 Å². The summed E-state index contributed by atoms with van der Waals surface area (Å²) in [5.74, 6) is 2.48. The Hall–Kier alpha value is -7.80. The molecule has 0 N–H and O–H groups in total. The summed E-state index contributed by atoms with van der Waals surface area (Å²) >= 11 is 1.79. The van der Waals surface area contributed by atoms with Gasteiger partial charge in [0.2, 0.25) is 5.89 Å². The molecule has 0 saturated heterocycles. The fourth-order valence-electron chi connectivity index (χ4n) is 8.41. The number of rotatable bonds is 6. The average Bonchev–Trinajstić information content (AvgIpc) is 3.92. The van der Waals surface area contributed by atoms with Gasteiger partial charge in [0, 0.05) is 48.0 Å². The van der Waals surface area contributed by atoms with E-state index < -0.39 is 0 Å². The van der Waals surface area contributed by atoms with Gasteiger partial charge < -0.3 is 4.42 Å². The van der Waals surface area contributed by atoms with Crippen molar-refractivity contribution in [3.05, 3.63) is 194 Å². The number of fused-ring (bicyclic) bond motifs is 6. The van der Waals surface area contributed by atoms with Crippen LogP contribution in [0.25, 0.3) is 121 Å². The van der Waals surface area contributed by atoms with Gasteiger partial charge in [-0.25, -0.2) is 19.9 Å². The molecule has 0 atom stereocenters. The highest BCUT2D eigenvalue weighted by molar-refractivity contribution is 7.26. The lowest BCUT2D eigenvalue weighted by molar-refractivity contribution is 0.621. The molecule has 9 aromatic carbocycles. The van der Waals surface area contributed by atoms with E-state index >= 15 is 0 Å². The summed E-state index contributed by atoms with van der Waals surface area (Å²) in [6, 6.07) is 67.5. The highest BCUT2D eigenvalue weighted by Gasteiger charge is 2.22. The Morgan fingerprint density at radius 1 is 0.367 bits per heavy atom. The standard InChI is InChI=1S/C54H32N4OS/c1-3-12-33(13-4-1)35-22-25-37(26-23-35)54-55-45-32-47-49(44-19-9-10-21-46(44)60-47)48(50(45)59-54)40-28-29-42-39(31-40)18-11-20-43(42)53-57-51(36-15-5-2-6-16-36)56-52(58-53)41-27-24-34-14-7-8-17-38(34)30-41/h1-32H. The van der Waals surface area contributed by atoms with Crippen LogP contribution in [-0.4, -0.2) is 19.9 Å². The first-order chi connectivity index (χ1) is 29.7. The number of aromatic nitrogens is 4. The molecule has 12 aromatic rings. The summed E-state index contributed by atoms with van der Waals surface area (Å²) in [5.41, 5.74) is 9.77. The van der Waals surface area contributed by atoms with Crippen molar-refractivity contribution in [2.75, 3.05) is 0 Å². The molecule has 12 rings (SSSR count). The Morgan fingerprint density at radius 2 is 0.983 bits per heavy atom. The maximum absolute atomic E-state index is 6.82. The van der Waals surface area contributed by atoms with E-state index in [-0.39, 0.29) is 0 Å². The van der Waals surface area contributed by atoms with Crippen LogP contribution in [0.1, 0.15) is 0 Å². The van der Waals surface area contributed by atoms with E-state index in [1.807, 2.05) is 36.4 Å². The van der Waals surface area contributed by atoms with Gasteiger partial charge in [-0.05, 0) is 74.6 Å². The maximum atomic E-state index is 6.82. The summed E-state index contributed by atoms with van der Waals surface area (Å²) in [6.45, 7) is 0. The Kier molecular flexibility index (Phi) is 7.96. The number of nitrogens with zero attached hydrogens (tertiary/aromatic N) is 4. The fourth-order valence-corrected chi connectivity index (χ4v) is 9.56. The van der Waals surface area contributed by atoms with Crippen molar-refractivity contribution in [2.24, 2.45) is 0 Å². The summed E-state index contributed by atoms with van der Waals surface area (Å²) in [4.78, 5) is 20.4. The van der Waals surface area contributed by atoms with E-state index in [1.54, 1.807) is 11.3 Å². The second kappa shape index (κ2) is 13.9. The predicted octanol–water partition coefficient (Wildman–Crippen LogP) is 14.7. The zero-order valence-electron chi connectivity index (χ0n) is 32.1. The van der Waals surface area contributed by atoms with Crippen molar-refractivity contribution in [1.82, 2.24) is 19.9 Å². The Balaban J connectivity index is 1.02. The third-order valence-electron chi connectivity index (χ3n) is 11.3. The lowest BCUT2D eigenvalue weighted by Gasteiger charge is -2.12. The van der Waals surface area contributed by atoms with E-state index in [0.717, 1.165) is 66.2 Å². The normalized spacial score (nSPS) is 11.7. The van der Waals surface area contributed by atoms with Gasteiger partial charge in [0.05, 0.1) is 0 Å². The number of hydrogen-bond donors (Lipinski definition) is 0. The molecule has 0 aliphatic heterocycles. The molecular formula is C54H32N4OS. The topological polar surface area (TPSA) is 64.7 Å². The van der Waals surface area contributed by atoms with Crippen LogP contribution in [0.5, 0.6) is 0 Å². The van der Waals surface area contributed by atoms with Gasteiger partial charge in [0.25, 0.3) is 0 Å². The second-order valence-corrected chi connectivity index (χ2v) is 16.1. The van der Waals surface area contributed by atoms with Crippen molar-refractivity contribution < 1.29 is 4.42 Å². The highest BCUT2D eigenvalue weighted by atomic mass is 32.1. The molecule has 280 valence electrons. The van der Waals surface area contributed by atoms with E-state index in [0.29, 0.717) is 23.4 Å². The lowest BCUT2D eigenvalue weighted by atomic mass is 9.94. The Morgan fingerprint density at radius 3 is 1.82 bits per heavy atom. The van der Waals surface area contributed by atoms with Crippen LogP contribution in [0.3, 0.4) is 0 Å². The van der Waals surface area contributed by atoms with Crippen LogP contribution in [-0.2, 0) is 0 Å². The van der Waals surface area contributed by atoms with E-state index in [1.165, 1.54) is 31.1 Å². The quantitative estimate of drug-likeness (QED) is 0.168. The smallest absolute Gasteiger partial charge is 0.227 e. The average molecular weight is 785 g/mol. The largest absolute Gasteiger partial charge is 0.435 e. The first kappa shape index (κ1) is 34.3. The van der Waals surface area contributed by atoms with Crippen LogP contribution >= 0.6 is 11.3 Å². The van der Waals surface area contributed by atoms with Crippen LogP contribution in [0.15, 0.2) is 199 Å². The zero-order valence-corrected chi connectivity index (χ0v) is 32.9. The van der Waals surface area contributed by atoms with Crippen molar-refractivity contribution in [3.63, 3.8) is 0 Å². The Labute approximate surface area is 348 Å². The highest BCUT2D eigenvalue weighted by Crippen LogP contribution is 2.46. The lowest BCUT2D eigenvalue weighted by Crippen LogP contribution is -2.00. The van der Waals surface area contributed by atoms with Gasteiger partial charge in [-0.3, -0.25) is 0 Å². The molecule has 0 saturated carbocycles. The third-order valence-corrected chi connectivity index (χ3v) is 12.5. The molecule has 5 nitrogen and oxygen atoms in total. The van der Waals surface area contributed by atoms with Crippen molar-refractivity contribution in [2.45, 2.75) is 0 Å². The molecule has 3 heterocycles. The van der Waals surface area contributed by atoms with Gasteiger partial charge in [-0.15, -0.1) is 11.3 Å². The summed E-state index contributed by atoms with van der Waals surface area (Å²) in [5, 5.41) is 6.80. The van der Waals surface area contributed by atoms with E-state index in [9.17, 15) is 0 Å². The van der Waals surface area contributed by atoms with Gasteiger partial charge >= 0.3 is 0 Å². The van der Waals surface area contributed by atoms with Gasteiger partial charge in [0.15, 0.2) is 23.1 Å². The minimum absolute atomic E-state index is 0.599. The SMILES string of the molecule is c1ccc(-c2ccc(-c3nc4cc5sc6ccccc6c5c(-c5ccc6c(-c7nc(-c8ccccc8)nc(-c8ccc9ccccc9c8)n7)cccc6c5)c4o3)cc2)cc1. The van der Waals surface area contributed by atoms with Crippen molar-refractivity contribution >= 4 is 64.2 Å². The molecule has 0 aliphatic rings. The van der Waals surface area contributed by atoms with Crippen molar-refractivity contribution in [3.8, 4) is 67.9 Å². The number of hydrogen-bond acceptors (Lipinski definition) is 6. The first-order valence-corrected chi connectivity index (χ1v) is 20.8. The van der Waals surface area contributed by atoms with Gasteiger partial charge in [-0.1, -0.05) is 158 Å². The molecule has 60 heavy (non-hydrogen) atoms. The third kappa shape index (κ3) is 5.84. The molecule has 0 bridgehead atoms. The van der Waals surface area contributed by atoms with Crippen LogP contribution in [0.4, 0.5) is 0 Å². The van der Waals surface area contributed by atoms with Crippen LogP contribution < -0.4 is 0 Å². The number of thiophene rings is 1. The monoisotopic (exact) mass is 784 g/mol. The summed E-state index contributed by atoms with van der Waals surface area (Å²) < 4.78 is 9.22. The van der Waals surface area contributed by atoms with E-state index in [4.69, 9.17) is 24.4 Å². The van der Waals surface area contributed by atoms with Crippen LogP contribution in [0, 0.1) is 0 Å². The molecule has 0 spiro atoms. The van der Waals surface area contributed by atoms with E-state index in [2.05, 4.69) is 158 Å². The summed E-state index contributed by atoms with van der Waals surface area (Å²) in [7, 11) is 0. The molecule has 0 radical (unpaired) electrons. The number of oxazole rings is 1. The van der Waals surface area contributed by atoms with Gasteiger partial charge in [-0.2, -0.15) is 0 Å². The Bertz CT molecular complexity index is 3600. The van der Waals surface area contributed by atoms with Crippen molar-refractivity contribution in [1.29, 1.82) is 0 Å². The molecular weight excluding hydrogens is 753 g/mol. The molecule has 0 aliphatic carbocycles. The van der Waals surface area contributed by atoms with Crippen LogP contribution in [0.2, 0.25) is 0 Å². The molecule has 6 heteroatoms. The zero-order chi connectivity index (χ0) is 39.6. The minimum Gasteiger partial charge on any atom is -0.435 e. The predicted molar refractivity (Wildman–Crippen MR) is 248 cm³/mol. The molecule has 0 fully saturated rings. The maximum Gasteiger partial charge on any atom is 0.227 e. The molecule has 3 aromatic heterocycles. The first-order valence-electron chi connectivity index (χ1n) is 20.0. The molecule has 0 unspecified atom stereocenters. The summed E-state index contributed by atoms with van der Waals surface area (Å²) in [6.07, 6.45) is 0.